The van der Waals surface area contributed by atoms with Crippen LogP contribution in [0.1, 0.15) is 34.6 Å². The number of carbonyl (C=O) groups is 2. The van der Waals surface area contributed by atoms with Gasteiger partial charge in [0.05, 0.1) is 23.8 Å². The Labute approximate surface area is 204 Å². The lowest BCUT2D eigenvalue weighted by atomic mass is 10.2. The Hall–Kier alpha value is -4.05. The van der Waals surface area contributed by atoms with Gasteiger partial charge in [0.25, 0.3) is 21.8 Å². The summed E-state index contributed by atoms with van der Waals surface area (Å²) >= 11 is 0. The molecule has 3 aromatic rings. The molecule has 9 nitrogen and oxygen atoms in total. The first-order valence-electron chi connectivity index (χ1n) is 10.7. The fourth-order valence-corrected chi connectivity index (χ4v) is 4.39. The molecule has 0 fully saturated rings. The van der Waals surface area contributed by atoms with Gasteiger partial charge in [-0.25, -0.2) is 8.42 Å². The molecule has 10 heteroatoms. The molecular weight excluding hydrogens is 470 g/mol. The Bertz CT molecular complexity index is 1310. The molecule has 0 bridgehead atoms. The van der Waals surface area contributed by atoms with Crippen molar-refractivity contribution < 1.29 is 27.5 Å². The average molecular weight is 498 g/mol. The van der Waals surface area contributed by atoms with E-state index in [1.807, 2.05) is 13.8 Å². The van der Waals surface area contributed by atoms with E-state index in [-0.39, 0.29) is 22.1 Å². The number of nitrogens with one attached hydrogen (secondary N) is 2. The highest BCUT2D eigenvalue weighted by molar-refractivity contribution is 7.92. The minimum absolute atomic E-state index is 0.0612. The minimum atomic E-state index is -3.90. The van der Waals surface area contributed by atoms with E-state index in [1.54, 1.807) is 36.4 Å². The molecule has 0 aromatic heterocycles. The number of benzene rings is 3. The largest absolute Gasteiger partial charge is 0.493 e. The molecule has 0 atom stereocenters. The van der Waals surface area contributed by atoms with E-state index >= 15 is 0 Å². The van der Waals surface area contributed by atoms with Crippen LogP contribution in [-0.4, -0.2) is 40.5 Å². The van der Waals surface area contributed by atoms with Crippen molar-refractivity contribution in [1.82, 2.24) is 10.9 Å². The van der Waals surface area contributed by atoms with Gasteiger partial charge in [-0.05, 0) is 62.4 Å². The van der Waals surface area contributed by atoms with E-state index in [2.05, 4.69) is 10.9 Å². The quantitative estimate of drug-likeness (QED) is 0.461. The standard InChI is InChI=1S/C25H27N3O6S/c1-17(2)34-22-14-13-19(16-23(22)33-4)25(30)27-26-24(29)18-9-8-12-21(15-18)35(31,32)28(3)20-10-6-5-7-11-20/h5-17H,1-4H3,(H,26,29)(H,27,30). The molecular formula is C25H27N3O6S. The van der Waals surface area contributed by atoms with Crippen molar-refractivity contribution in [3.05, 3.63) is 83.9 Å². The molecule has 0 saturated carbocycles. The summed E-state index contributed by atoms with van der Waals surface area (Å²) in [5.41, 5.74) is 5.40. The van der Waals surface area contributed by atoms with Gasteiger partial charge in [0, 0.05) is 18.2 Å². The molecule has 0 aliphatic rings. The van der Waals surface area contributed by atoms with Crippen molar-refractivity contribution in [2.24, 2.45) is 0 Å². The fraction of sp³-hybridized carbons (Fsp3) is 0.200. The van der Waals surface area contributed by atoms with Crippen LogP contribution in [0, 0.1) is 0 Å². The molecule has 3 aromatic carbocycles. The molecule has 2 amide bonds. The van der Waals surface area contributed by atoms with Gasteiger partial charge in [0.2, 0.25) is 0 Å². The minimum Gasteiger partial charge on any atom is -0.493 e. The summed E-state index contributed by atoms with van der Waals surface area (Å²) in [5, 5.41) is 0. The van der Waals surface area contributed by atoms with Gasteiger partial charge in [-0.15, -0.1) is 0 Å². The first kappa shape index (κ1) is 25.6. The predicted molar refractivity (Wildman–Crippen MR) is 132 cm³/mol. The van der Waals surface area contributed by atoms with Crippen LogP contribution in [0.3, 0.4) is 0 Å². The summed E-state index contributed by atoms with van der Waals surface area (Å²) in [5.74, 6) is -0.399. The van der Waals surface area contributed by atoms with Crippen molar-refractivity contribution in [3.63, 3.8) is 0 Å². The lowest BCUT2D eigenvalue weighted by Crippen LogP contribution is -2.41. The van der Waals surface area contributed by atoms with Gasteiger partial charge < -0.3 is 9.47 Å². The first-order valence-corrected chi connectivity index (χ1v) is 12.2. The summed E-state index contributed by atoms with van der Waals surface area (Å²) in [4.78, 5) is 25.1. The third-order valence-corrected chi connectivity index (χ3v) is 6.73. The molecule has 3 rings (SSSR count). The maximum Gasteiger partial charge on any atom is 0.269 e. The summed E-state index contributed by atoms with van der Waals surface area (Å²) in [6.45, 7) is 3.74. The second kappa shape index (κ2) is 10.9. The fourth-order valence-electron chi connectivity index (χ4n) is 3.15. The zero-order valence-electron chi connectivity index (χ0n) is 19.8. The second-order valence-electron chi connectivity index (χ2n) is 7.78. The molecule has 0 heterocycles. The van der Waals surface area contributed by atoms with Gasteiger partial charge in [0.1, 0.15) is 0 Å². The van der Waals surface area contributed by atoms with E-state index in [9.17, 15) is 18.0 Å². The molecule has 184 valence electrons. The third kappa shape index (κ3) is 6.10. The van der Waals surface area contributed by atoms with Gasteiger partial charge >= 0.3 is 0 Å². The number of methoxy groups -OCH3 is 1. The maximum absolute atomic E-state index is 13.0. The first-order chi connectivity index (χ1) is 16.6. The average Bonchev–Trinajstić information content (AvgIpc) is 2.87. The molecule has 0 radical (unpaired) electrons. The molecule has 0 spiro atoms. The number of anilines is 1. The third-order valence-electron chi connectivity index (χ3n) is 4.95. The lowest BCUT2D eigenvalue weighted by Gasteiger charge is -2.19. The molecule has 0 aliphatic heterocycles. The van der Waals surface area contributed by atoms with Crippen molar-refractivity contribution >= 4 is 27.5 Å². The second-order valence-corrected chi connectivity index (χ2v) is 9.75. The van der Waals surface area contributed by atoms with Crippen LogP contribution in [0.4, 0.5) is 5.69 Å². The summed E-state index contributed by atoms with van der Waals surface area (Å²) in [7, 11) is -1.01. The zero-order valence-corrected chi connectivity index (χ0v) is 20.6. The monoisotopic (exact) mass is 497 g/mol. The number of amides is 2. The highest BCUT2D eigenvalue weighted by atomic mass is 32.2. The summed E-state index contributed by atoms with van der Waals surface area (Å²) < 4.78 is 38.1. The van der Waals surface area contributed by atoms with Crippen molar-refractivity contribution in [1.29, 1.82) is 0 Å². The van der Waals surface area contributed by atoms with Gasteiger partial charge in [-0.2, -0.15) is 0 Å². The Morgan fingerprint density at radius 3 is 2.06 bits per heavy atom. The number of ether oxygens (including phenoxy) is 2. The molecule has 0 unspecified atom stereocenters. The van der Waals surface area contributed by atoms with E-state index in [4.69, 9.17) is 9.47 Å². The number of hydrazine groups is 1. The smallest absolute Gasteiger partial charge is 0.269 e. The van der Waals surface area contributed by atoms with Crippen LogP contribution in [0.2, 0.25) is 0 Å². The number of carbonyl (C=O) groups excluding carboxylic acids is 2. The SMILES string of the molecule is COc1cc(C(=O)NNC(=O)c2cccc(S(=O)(=O)N(C)c3ccccc3)c2)ccc1OC(C)C. The maximum atomic E-state index is 13.0. The zero-order chi connectivity index (χ0) is 25.6. The molecule has 0 saturated heterocycles. The number of sulfonamides is 1. The highest BCUT2D eigenvalue weighted by Crippen LogP contribution is 2.29. The van der Waals surface area contributed by atoms with Crippen LogP contribution in [0.5, 0.6) is 11.5 Å². The van der Waals surface area contributed by atoms with Crippen molar-refractivity contribution in [2.75, 3.05) is 18.5 Å². The Morgan fingerprint density at radius 2 is 1.46 bits per heavy atom. The van der Waals surface area contributed by atoms with Gasteiger partial charge in [0.15, 0.2) is 11.5 Å². The molecule has 2 N–H and O–H groups in total. The van der Waals surface area contributed by atoms with Gasteiger partial charge in [-0.1, -0.05) is 24.3 Å². The van der Waals surface area contributed by atoms with Crippen molar-refractivity contribution in [2.45, 2.75) is 24.8 Å². The van der Waals surface area contributed by atoms with E-state index < -0.39 is 21.8 Å². The van der Waals surface area contributed by atoms with Crippen LogP contribution in [0.25, 0.3) is 0 Å². The van der Waals surface area contributed by atoms with Crippen LogP contribution < -0.4 is 24.6 Å². The summed E-state index contributed by atoms with van der Waals surface area (Å²) in [6.07, 6.45) is -0.0741. The van der Waals surface area contributed by atoms with Gasteiger partial charge in [-0.3, -0.25) is 24.7 Å². The van der Waals surface area contributed by atoms with Crippen LogP contribution >= 0.6 is 0 Å². The molecule has 0 aliphatic carbocycles. The molecule has 35 heavy (non-hydrogen) atoms. The predicted octanol–water partition coefficient (Wildman–Crippen LogP) is 3.38. The number of hydrogen-bond acceptors (Lipinski definition) is 6. The number of nitrogens with zero attached hydrogens (tertiary/aromatic N) is 1. The van der Waals surface area contributed by atoms with Crippen molar-refractivity contribution in [3.8, 4) is 11.5 Å². The van der Waals surface area contributed by atoms with Crippen LogP contribution in [-0.2, 0) is 10.0 Å². The Morgan fingerprint density at radius 1 is 0.829 bits per heavy atom. The van der Waals surface area contributed by atoms with E-state index in [1.165, 1.54) is 50.6 Å². The number of rotatable bonds is 8. The number of hydrogen-bond donors (Lipinski definition) is 2. The van der Waals surface area contributed by atoms with Crippen LogP contribution in [0.15, 0.2) is 77.7 Å². The normalized spacial score (nSPS) is 11.0. The lowest BCUT2D eigenvalue weighted by molar-refractivity contribution is 0.0846. The highest BCUT2D eigenvalue weighted by Gasteiger charge is 2.22. The Balaban J connectivity index is 1.71. The van der Waals surface area contributed by atoms with E-state index in [0.29, 0.717) is 17.2 Å². The number of para-hydroxylation sites is 1. The summed E-state index contributed by atoms with van der Waals surface area (Å²) in [6, 6.07) is 18.8. The Kier molecular flexibility index (Phi) is 7.98. The van der Waals surface area contributed by atoms with E-state index in [0.717, 1.165) is 4.31 Å². The topological polar surface area (TPSA) is 114 Å².